The van der Waals surface area contributed by atoms with Gasteiger partial charge in [-0.1, -0.05) is 35.9 Å². The van der Waals surface area contributed by atoms with Gasteiger partial charge in [0, 0.05) is 42.7 Å². The van der Waals surface area contributed by atoms with E-state index < -0.39 is 0 Å². The minimum atomic E-state index is -0.286. The molecule has 6 heteroatoms. The molecule has 2 aromatic rings. The predicted octanol–water partition coefficient (Wildman–Crippen LogP) is 4.66. The fourth-order valence-electron chi connectivity index (χ4n) is 4.34. The first kappa shape index (κ1) is 23.3. The van der Waals surface area contributed by atoms with Gasteiger partial charge >= 0.3 is 0 Å². The second-order valence-corrected chi connectivity index (χ2v) is 8.92. The van der Waals surface area contributed by atoms with Crippen molar-refractivity contribution in [3.63, 3.8) is 0 Å². The van der Waals surface area contributed by atoms with Gasteiger partial charge in [-0.25, -0.2) is 0 Å². The molecule has 0 aromatic heterocycles. The summed E-state index contributed by atoms with van der Waals surface area (Å²) >= 11 is 5.93. The van der Waals surface area contributed by atoms with Crippen LogP contribution in [0.15, 0.2) is 48.5 Å². The molecule has 1 aliphatic carbocycles. The molecule has 0 heterocycles. The third-order valence-electron chi connectivity index (χ3n) is 6.39. The third kappa shape index (κ3) is 6.31. The van der Waals surface area contributed by atoms with E-state index in [-0.39, 0.29) is 23.9 Å². The quantitative estimate of drug-likeness (QED) is 0.625. The Morgan fingerprint density at radius 2 is 1.68 bits per heavy atom. The highest BCUT2D eigenvalue weighted by molar-refractivity contribution is 6.30. The van der Waals surface area contributed by atoms with Crippen molar-refractivity contribution in [2.45, 2.75) is 57.0 Å². The third-order valence-corrected chi connectivity index (χ3v) is 6.64. The Balaban J connectivity index is 1.51. The highest BCUT2D eigenvalue weighted by atomic mass is 35.5. The molecule has 3 N–H and O–H groups in total. The summed E-state index contributed by atoms with van der Waals surface area (Å²) in [4.78, 5) is 25.5. The van der Waals surface area contributed by atoms with Crippen LogP contribution in [0.4, 0.5) is 0 Å². The van der Waals surface area contributed by atoms with Gasteiger partial charge in [-0.3, -0.25) is 9.59 Å². The van der Waals surface area contributed by atoms with Crippen LogP contribution in [-0.4, -0.2) is 36.3 Å². The number of hydrogen-bond donors (Lipinski definition) is 2. The topological polar surface area (TPSA) is 75.4 Å². The molecule has 0 aliphatic heterocycles. The highest BCUT2D eigenvalue weighted by Crippen LogP contribution is 2.35. The average Bonchev–Trinajstić information content (AvgIpc) is 2.78. The zero-order chi connectivity index (χ0) is 22.4. The summed E-state index contributed by atoms with van der Waals surface area (Å²) in [5, 5.41) is 3.97. The van der Waals surface area contributed by atoms with Crippen LogP contribution >= 0.6 is 11.6 Å². The second kappa shape index (κ2) is 10.8. The molecule has 2 aromatic carbocycles. The molecule has 0 bridgehead atoms. The Morgan fingerprint density at radius 3 is 2.26 bits per heavy atom. The largest absolute Gasteiger partial charge is 0.370 e. The number of primary amides is 1. The number of carbonyl (C=O) groups is 2. The Bertz CT molecular complexity index is 875. The molecular weight excluding hydrogens is 410 g/mol. The Labute approximate surface area is 190 Å². The number of rotatable bonds is 8. The van der Waals surface area contributed by atoms with E-state index in [1.165, 1.54) is 11.1 Å². The van der Waals surface area contributed by atoms with E-state index in [1.54, 1.807) is 24.3 Å². The smallest absolute Gasteiger partial charge is 0.253 e. The van der Waals surface area contributed by atoms with Gasteiger partial charge in [-0.15, -0.1) is 0 Å². The van der Waals surface area contributed by atoms with Crippen molar-refractivity contribution in [2.24, 2.45) is 5.73 Å². The van der Waals surface area contributed by atoms with Crippen molar-refractivity contribution in [1.82, 2.24) is 10.2 Å². The molecule has 0 spiro atoms. The van der Waals surface area contributed by atoms with Gasteiger partial charge < -0.3 is 16.0 Å². The van der Waals surface area contributed by atoms with Gasteiger partial charge in [0.2, 0.25) is 5.91 Å². The standard InChI is InChI=1S/C25H32ClN3O2/c1-17(28-16-15-24(27)30)18-3-5-19(6-4-18)20-9-13-23(14-10-20)29(2)25(31)21-7-11-22(26)12-8-21/h3-8,11-12,17,20,23,28H,9-10,13-16H2,1-2H3,(H2,27,30). The number of nitrogens with one attached hydrogen (secondary N) is 1. The van der Waals surface area contributed by atoms with E-state index in [1.807, 2.05) is 11.9 Å². The van der Waals surface area contributed by atoms with Crippen LogP contribution in [0.25, 0.3) is 0 Å². The molecule has 1 unspecified atom stereocenters. The maximum atomic E-state index is 12.8. The SMILES string of the molecule is CC(NCCC(N)=O)c1ccc(C2CCC(N(C)C(=O)c3ccc(Cl)cc3)CC2)cc1. The number of halogens is 1. The molecule has 1 saturated carbocycles. The predicted molar refractivity (Wildman–Crippen MR) is 125 cm³/mol. The first-order chi connectivity index (χ1) is 14.8. The summed E-state index contributed by atoms with van der Waals surface area (Å²) in [6.07, 6.45) is 4.52. The molecule has 1 fully saturated rings. The summed E-state index contributed by atoms with van der Waals surface area (Å²) in [5.74, 6) is 0.302. The van der Waals surface area contributed by atoms with Gasteiger partial charge in [0.15, 0.2) is 0 Å². The van der Waals surface area contributed by atoms with E-state index in [9.17, 15) is 9.59 Å². The van der Waals surface area contributed by atoms with Crippen LogP contribution < -0.4 is 11.1 Å². The van der Waals surface area contributed by atoms with E-state index in [0.717, 1.165) is 25.7 Å². The summed E-state index contributed by atoms with van der Waals surface area (Å²) < 4.78 is 0. The second-order valence-electron chi connectivity index (χ2n) is 8.49. The van der Waals surface area contributed by atoms with Crippen molar-refractivity contribution in [2.75, 3.05) is 13.6 Å². The normalized spacial score (nSPS) is 19.6. The lowest BCUT2D eigenvalue weighted by atomic mass is 9.81. The zero-order valence-electron chi connectivity index (χ0n) is 18.3. The molecule has 0 radical (unpaired) electrons. The van der Waals surface area contributed by atoms with Crippen molar-refractivity contribution in [3.05, 3.63) is 70.2 Å². The molecule has 166 valence electrons. The summed E-state index contributed by atoms with van der Waals surface area (Å²) in [7, 11) is 1.91. The fraction of sp³-hybridized carbons (Fsp3) is 0.440. The van der Waals surface area contributed by atoms with Gasteiger partial charge in [0.05, 0.1) is 0 Å². The van der Waals surface area contributed by atoms with Crippen LogP contribution in [0.2, 0.25) is 5.02 Å². The monoisotopic (exact) mass is 441 g/mol. The maximum absolute atomic E-state index is 12.8. The minimum Gasteiger partial charge on any atom is -0.370 e. The lowest BCUT2D eigenvalue weighted by molar-refractivity contribution is -0.117. The molecule has 1 aliphatic rings. The summed E-state index contributed by atoms with van der Waals surface area (Å²) in [6, 6.07) is 16.3. The first-order valence-electron chi connectivity index (χ1n) is 11.0. The molecular formula is C25H32ClN3O2. The van der Waals surface area contributed by atoms with Crippen molar-refractivity contribution in [3.8, 4) is 0 Å². The highest BCUT2D eigenvalue weighted by Gasteiger charge is 2.27. The lowest BCUT2D eigenvalue weighted by Crippen LogP contribution is -2.39. The van der Waals surface area contributed by atoms with Gasteiger partial charge in [-0.05, 0) is 73.9 Å². The first-order valence-corrected chi connectivity index (χ1v) is 11.4. The summed E-state index contributed by atoms with van der Waals surface area (Å²) in [6.45, 7) is 2.68. The molecule has 0 saturated heterocycles. The van der Waals surface area contributed by atoms with Crippen LogP contribution in [0.1, 0.15) is 72.5 Å². The molecule has 31 heavy (non-hydrogen) atoms. The van der Waals surface area contributed by atoms with Crippen molar-refractivity contribution >= 4 is 23.4 Å². The van der Waals surface area contributed by atoms with Gasteiger partial charge in [0.1, 0.15) is 0 Å². The lowest BCUT2D eigenvalue weighted by Gasteiger charge is -2.35. The molecule has 1 atom stereocenters. The Morgan fingerprint density at radius 1 is 1.06 bits per heavy atom. The van der Waals surface area contributed by atoms with E-state index >= 15 is 0 Å². The van der Waals surface area contributed by atoms with Gasteiger partial charge in [-0.2, -0.15) is 0 Å². The van der Waals surface area contributed by atoms with Crippen LogP contribution in [0, 0.1) is 0 Å². The fourth-order valence-corrected chi connectivity index (χ4v) is 4.47. The molecule has 3 rings (SSSR count). The number of nitrogens with zero attached hydrogens (tertiary/aromatic N) is 1. The van der Waals surface area contributed by atoms with Crippen LogP contribution in [-0.2, 0) is 4.79 Å². The number of nitrogens with two attached hydrogens (primary N) is 1. The van der Waals surface area contributed by atoms with Gasteiger partial charge in [0.25, 0.3) is 5.91 Å². The number of hydrogen-bond acceptors (Lipinski definition) is 3. The number of amides is 2. The van der Waals surface area contributed by atoms with Crippen LogP contribution in [0.5, 0.6) is 0 Å². The Kier molecular flexibility index (Phi) is 8.10. The van der Waals surface area contributed by atoms with Crippen molar-refractivity contribution in [1.29, 1.82) is 0 Å². The molecule has 2 amide bonds. The number of carbonyl (C=O) groups excluding carboxylic acids is 2. The maximum Gasteiger partial charge on any atom is 0.253 e. The van der Waals surface area contributed by atoms with Crippen LogP contribution in [0.3, 0.4) is 0 Å². The zero-order valence-corrected chi connectivity index (χ0v) is 19.1. The number of benzene rings is 2. The average molecular weight is 442 g/mol. The van der Waals surface area contributed by atoms with Crippen molar-refractivity contribution < 1.29 is 9.59 Å². The van der Waals surface area contributed by atoms with E-state index in [0.29, 0.717) is 29.5 Å². The van der Waals surface area contributed by atoms with E-state index in [4.69, 9.17) is 17.3 Å². The summed E-state index contributed by atoms with van der Waals surface area (Å²) in [5.41, 5.74) is 8.44. The minimum absolute atomic E-state index is 0.0577. The Hall–Kier alpha value is -2.37. The molecule has 5 nitrogen and oxygen atoms in total. The van der Waals surface area contributed by atoms with E-state index in [2.05, 4.69) is 36.5 Å².